The van der Waals surface area contributed by atoms with E-state index >= 15 is 0 Å². The zero-order chi connectivity index (χ0) is 31.0. The lowest BCUT2D eigenvalue weighted by molar-refractivity contribution is -0.363. The van der Waals surface area contributed by atoms with Crippen LogP contribution >= 0.6 is 0 Å². The molecule has 232 valence electrons. The van der Waals surface area contributed by atoms with Crippen molar-refractivity contribution in [2.75, 3.05) is 13.2 Å². The van der Waals surface area contributed by atoms with Gasteiger partial charge in [0.2, 0.25) is 0 Å². The Hall–Kier alpha value is -3.38. The maximum absolute atomic E-state index is 12.0. The first-order valence-corrected chi connectivity index (χ1v) is 12.4. The summed E-state index contributed by atoms with van der Waals surface area (Å²) in [4.78, 5) is 70.3. The SMILES string of the molecule is CC(=O)OC[C@H]1O[C@H](O)[C@@H](O[C@H]2O[C@H](COC(C)=O)[C@@H](OC(C)=O)[C@H](OC(C)=O)[C@@H]2OC(C)=O)[C@@H](O)[C@@H]1OC(C)=O. The molecule has 0 aromatic rings. The first kappa shape index (κ1) is 33.8. The molecule has 0 radical (unpaired) electrons. The van der Waals surface area contributed by atoms with Gasteiger partial charge in [0.1, 0.15) is 37.6 Å². The van der Waals surface area contributed by atoms with Gasteiger partial charge >= 0.3 is 35.8 Å². The van der Waals surface area contributed by atoms with E-state index in [-0.39, 0.29) is 0 Å². The normalized spacial score (nSPS) is 33.1. The Labute approximate surface area is 234 Å². The van der Waals surface area contributed by atoms with Crippen molar-refractivity contribution in [2.45, 2.75) is 103 Å². The van der Waals surface area contributed by atoms with Crippen LogP contribution in [0.4, 0.5) is 0 Å². The van der Waals surface area contributed by atoms with Gasteiger partial charge in [0, 0.05) is 41.5 Å². The van der Waals surface area contributed by atoms with Gasteiger partial charge in [0.25, 0.3) is 0 Å². The maximum atomic E-state index is 12.0. The van der Waals surface area contributed by atoms with Crippen LogP contribution in [0.2, 0.25) is 0 Å². The molecule has 0 aliphatic carbocycles. The highest BCUT2D eigenvalue weighted by atomic mass is 16.8. The fourth-order valence-corrected chi connectivity index (χ4v) is 4.18. The van der Waals surface area contributed by atoms with Crippen LogP contribution in [0.3, 0.4) is 0 Å². The molecule has 2 aliphatic rings. The molecule has 0 unspecified atom stereocenters. The summed E-state index contributed by atoms with van der Waals surface area (Å²) in [5, 5.41) is 21.7. The number of rotatable bonds is 10. The van der Waals surface area contributed by atoms with E-state index in [4.69, 9.17) is 42.6 Å². The predicted molar refractivity (Wildman–Crippen MR) is 126 cm³/mol. The van der Waals surface area contributed by atoms with Crippen LogP contribution in [0, 0.1) is 0 Å². The molecule has 10 atom stereocenters. The Kier molecular flexibility index (Phi) is 12.4. The highest BCUT2D eigenvalue weighted by molar-refractivity contribution is 5.69. The van der Waals surface area contributed by atoms with Crippen LogP contribution in [0.15, 0.2) is 0 Å². The maximum Gasteiger partial charge on any atom is 0.303 e. The van der Waals surface area contributed by atoms with Gasteiger partial charge < -0.3 is 52.8 Å². The van der Waals surface area contributed by atoms with Gasteiger partial charge in [-0.15, -0.1) is 0 Å². The molecule has 2 rings (SSSR count). The van der Waals surface area contributed by atoms with Crippen LogP contribution in [0.5, 0.6) is 0 Å². The molecule has 0 bridgehead atoms. The summed E-state index contributed by atoms with van der Waals surface area (Å²) in [5.41, 5.74) is 0. The van der Waals surface area contributed by atoms with Crippen molar-refractivity contribution in [1.82, 2.24) is 0 Å². The molecule has 2 aliphatic heterocycles. The Bertz CT molecular complexity index is 981. The van der Waals surface area contributed by atoms with E-state index in [2.05, 4.69) is 0 Å². The van der Waals surface area contributed by atoms with E-state index in [1.807, 2.05) is 0 Å². The third-order valence-electron chi connectivity index (χ3n) is 5.63. The molecule has 17 nitrogen and oxygen atoms in total. The minimum Gasteiger partial charge on any atom is -0.463 e. The Balaban J connectivity index is 2.47. The summed E-state index contributed by atoms with van der Waals surface area (Å²) in [6.45, 7) is 5.26. The van der Waals surface area contributed by atoms with Crippen LogP contribution in [0.25, 0.3) is 0 Å². The number of esters is 6. The third kappa shape index (κ3) is 9.89. The minimum atomic E-state index is -1.95. The molecular formula is C24H34O17. The van der Waals surface area contributed by atoms with E-state index in [1.54, 1.807) is 0 Å². The van der Waals surface area contributed by atoms with E-state index in [0.717, 1.165) is 41.5 Å². The minimum absolute atomic E-state index is 0.507. The Morgan fingerprint density at radius 3 is 1.41 bits per heavy atom. The lowest BCUT2D eigenvalue weighted by Crippen LogP contribution is -2.66. The number of hydrogen-bond acceptors (Lipinski definition) is 17. The van der Waals surface area contributed by atoms with Crippen molar-refractivity contribution in [3.05, 3.63) is 0 Å². The number of aliphatic hydroxyl groups excluding tert-OH is 2. The number of carbonyl (C=O) groups is 6. The molecule has 0 amide bonds. The molecule has 2 N–H and O–H groups in total. The van der Waals surface area contributed by atoms with E-state index in [1.165, 1.54) is 0 Å². The highest BCUT2D eigenvalue weighted by Gasteiger charge is 2.56. The molecule has 0 aromatic heterocycles. The monoisotopic (exact) mass is 594 g/mol. The summed E-state index contributed by atoms with van der Waals surface area (Å²) in [6, 6.07) is 0. The Morgan fingerprint density at radius 2 is 0.951 bits per heavy atom. The average Bonchev–Trinajstić information content (AvgIpc) is 2.83. The lowest BCUT2D eigenvalue weighted by Gasteiger charge is -2.47. The fourth-order valence-electron chi connectivity index (χ4n) is 4.18. The smallest absolute Gasteiger partial charge is 0.303 e. The molecule has 17 heteroatoms. The van der Waals surface area contributed by atoms with Crippen molar-refractivity contribution in [3.63, 3.8) is 0 Å². The quantitative estimate of drug-likeness (QED) is 0.206. The second-order valence-electron chi connectivity index (χ2n) is 9.10. The largest absolute Gasteiger partial charge is 0.463 e. The molecule has 41 heavy (non-hydrogen) atoms. The molecular weight excluding hydrogens is 560 g/mol. The van der Waals surface area contributed by atoms with Crippen molar-refractivity contribution >= 4 is 35.8 Å². The molecule has 0 spiro atoms. The molecule has 0 aromatic carbocycles. The highest BCUT2D eigenvalue weighted by Crippen LogP contribution is 2.33. The van der Waals surface area contributed by atoms with Gasteiger partial charge in [-0.3, -0.25) is 28.8 Å². The fraction of sp³-hybridized carbons (Fsp3) is 0.750. The van der Waals surface area contributed by atoms with Crippen LogP contribution in [0.1, 0.15) is 41.5 Å². The number of aliphatic hydroxyl groups is 2. The summed E-state index contributed by atoms with van der Waals surface area (Å²) in [5.74, 6) is -4.96. The van der Waals surface area contributed by atoms with Gasteiger partial charge in [-0.05, 0) is 0 Å². The predicted octanol–water partition coefficient (Wildman–Crippen LogP) is -1.97. The standard InChI is InChI=1S/C24H34O17/c1-9(25)33-7-15-18(35-11(3)27)17(31)20(23(32)39-15)41-24-22(38-14(6)30)21(37-13(5)29)19(36-12(4)28)16(40-24)8-34-10(2)26/h15-24,31-32H,7-8H2,1-6H3/t15-,16-,17+,18-,19-,20+,21+,22+,23+,24-/m1/s1. The van der Waals surface area contributed by atoms with Crippen molar-refractivity contribution in [3.8, 4) is 0 Å². The second-order valence-corrected chi connectivity index (χ2v) is 9.10. The van der Waals surface area contributed by atoms with Crippen LogP contribution in [-0.4, -0.2) is 121 Å². The Morgan fingerprint density at radius 1 is 0.537 bits per heavy atom. The molecule has 2 saturated heterocycles. The van der Waals surface area contributed by atoms with E-state index in [9.17, 15) is 39.0 Å². The third-order valence-corrected chi connectivity index (χ3v) is 5.63. The van der Waals surface area contributed by atoms with E-state index in [0.29, 0.717) is 0 Å². The van der Waals surface area contributed by atoms with Crippen molar-refractivity contribution in [2.24, 2.45) is 0 Å². The van der Waals surface area contributed by atoms with E-state index < -0.39 is 110 Å². The number of ether oxygens (including phenoxy) is 9. The van der Waals surface area contributed by atoms with Gasteiger partial charge in [-0.2, -0.15) is 0 Å². The number of hydrogen-bond donors (Lipinski definition) is 2. The summed E-state index contributed by atoms with van der Waals surface area (Å²) in [6.07, 6.45) is -16.3. The van der Waals surface area contributed by atoms with Gasteiger partial charge in [-0.25, -0.2) is 0 Å². The molecule has 2 fully saturated rings. The second kappa shape index (κ2) is 15.0. The van der Waals surface area contributed by atoms with Crippen molar-refractivity contribution in [1.29, 1.82) is 0 Å². The van der Waals surface area contributed by atoms with Gasteiger partial charge in [0.15, 0.2) is 37.0 Å². The first-order valence-electron chi connectivity index (χ1n) is 12.4. The zero-order valence-electron chi connectivity index (χ0n) is 23.2. The van der Waals surface area contributed by atoms with Gasteiger partial charge in [-0.1, -0.05) is 0 Å². The van der Waals surface area contributed by atoms with Crippen LogP contribution < -0.4 is 0 Å². The average molecular weight is 595 g/mol. The lowest BCUT2D eigenvalue weighted by atomic mass is 9.96. The summed E-state index contributed by atoms with van der Waals surface area (Å²) in [7, 11) is 0. The first-order chi connectivity index (χ1) is 19.1. The number of carbonyl (C=O) groups excluding carboxylic acids is 6. The zero-order valence-corrected chi connectivity index (χ0v) is 23.2. The topological polar surface area (TPSA) is 226 Å². The summed E-state index contributed by atoms with van der Waals surface area (Å²) >= 11 is 0. The van der Waals surface area contributed by atoms with Crippen molar-refractivity contribution < 1.29 is 81.6 Å². The molecule has 2 heterocycles. The molecule has 0 saturated carbocycles. The van der Waals surface area contributed by atoms with Gasteiger partial charge in [0.05, 0.1) is 0 Å². The summed E-state index contributed by atoms with van der Waals surface area (Å²) < 4.78 is 47.8. The van der Waals surface area contributed by atoms with Crippen LogP contribution in [-0.2, 0) is 71.4 Å².